The molecule has 0 amide bonds. The number of nitrogens with zero attached hydrogens (tertiary/aromatic N) is 1. The lowest BCUT2D eigenvalue weighted by atomic mass is 9.97. The summed E-state index contributed by atoms with van der Waals surface area (Å²) in [4.78, 5) is 1.97. The number of aromatic nitrogens is 1. The summed E-state index contributed by atoms with van der Waals surface area (Å²) in [6, 6.07) is 10.4. The van der Waals surface area contributed by atoms with E-state index in [4.69, 9.17) is 10.9 Å². The molecule has 0 spiro atoms. The van der Waals surface area contributed by atoms with E-state index in [1.165, 1.54) is 17.4 Å². The predicted octanol–water partition coefficient (Wildman–Crippen LogP) is 2.16. The van der Waals surface area contributed by atoms with Gasteiger partial charge in [0.15, 0.2) is 5.13 Å². The molecular formula is C21H18F3N7O4S3. The van der Waals surface area contributed by atoms with Gasteiger partial charge in [-0.25, -0.2) is 37.8 Å². The molecule has 0 atom stereocenters. The maximum absolute atomic E-state index is 13.6. The predicted molar refractivity (Wildman–Crippen MR) is 133 cm³/mol. The Morgan fingerprint density at radius 2 is 1.61 bits per heavy atom. The topological polar surface area (TPSA) is 181 Å². The number of nitrogen functional groups attached to an aromatic ring is 1. The van der Waals surface area contributed by atoms with Crippen molar-refractivity contribution < 1.29 is 30.0 Å². The Balaban J connectivity index is 1.84. The fourth-order valence-corrected chi connectivity index (χ4v) is 7.87. The van der Waals surface area contributed by atoms with Gasteiger partial charge in [0.05, 0.1) is 25.6 Å². The number of anilines is 1. The molecular weight excluding hydrogens is 567 g/mol. The Morgan fingerprint density at radius 1 is 0.921 bits per heavy atom. The van der Waals surface area contributed by atoms with Crippen molar-refractivity contribution in [3.63, 3.8) is 0 Å². The second-order valence-corrected chi connectivity index (χ2v) is 12.6. The fourth-order valence-electron chi connectivity index (χ4n) is 4.15. The monoisotopic (exact) mass is 585 g/mol. The van der Waals surface area contributed by atoms with Crippen molar-refractivity contribution in [2.75, 3.05) is 5.73 Å². The van der Waals surface area contributed by atoms with E-state index in [1.807, 2.05) is 0 Å². The van der Waals surface area contributed by atoms with E-state index in [9.17, 15) is 30.0 Å². The summed E-state index contributed by atoms with van der Waals surface area (Å²) in [6.45, 7) is 0. The molecule has 11 nitrogen and oxygen atoms in total. The molecule has 0 bridgehead atoms. The van der Waals surface area contributed by atoms with Crippen LogP contribution in [0.5, 0.6) is 0 Å². The summed E-state index contributed by atoms with van der Waals surface area (Å²) >= 11 is 1.20. The number of hydrogen-bond acceptors (Lipinski definition) is 11. The number of fused-ring (bicyclic) bond motifs is 1. The molecule has 0 aliphatic carbocycles. The minimum Gasteiger partial charge on any atom is -0.375 e. The highest BCUT2D eigenvalue weighted by Gasteiger charge is 2.37. The maximum atomic E-state index is 13.6. The van der Waals surface area contributed by atoms with Crippen LogP contribution in [0, 0.1) is 0 Å². The van der Waals surface area contributed by atoms with Gasteiger partial charge < -0.3 is 5.73 Å². The Kier molecular flexibility index (Phi) is 6.43. The van der Waals surface area contributed by atoms with Crippen LogP contribution in [0.4, 0.5) is 18.3 Å². The highest BCUT2D eigenvalue weighted by Crippen LogP contribution is 2.42. The van der Waals surface area contributed by atoms with Gasteiger partial charge in [0.1, 0.15) is 11.1 Å². The number of alkyl halides is 3. The summed E-state index contributed by atoms with van der Waals surface area (Å²) in [5, 5.41) is 5.82. The zero-order chi connectivity index (χ0) is 27.5. The highest BCUT2D eigenvalue weighted by molar-refractivity contribution is 7.93. The normalized spacial score (nSPS) is 15.4. The van der Waals surface area contributed by atoms with Crippen LogP contribution < -0.4 is 32.8 Å². The summed E-state index contributed by atoms with van der Waals surface area (Å²) in [5.74, 6) is 0. The molecule has 4 aromatic rings. The van der Waals surface area contributed by atoms with Crippen molar-refractivity contribution in [3.8, 4) is 11.1 Å². The number of halogens is 3. The second-order valence-electron chi connectivity index (χ2n) is 8.10. The highest BCUT2D eigenvalue weighted by atomic mass is 32.2. The first-order chi connectivity index (χ1) is 17.8. The van der Waals surface area contributed by atoms with Gasteiger partial charge in [-0.05, 0) is 35.9 Å². The number of primary sulfonamides is 1. The van der Waals surface area contributed by atoms with Gasteiger partial charge in [0, 0.05) is 11.1 Å². The van der Waals surface area contributed by atoms with Crippen LogP contribution in [0.15, 0.2) is 69.3 Å². The minimum atomic E-state index is -4.83. The molecule has 1 fully saturated rings. The standard InChI is InChI=1S/C21H18F3N7O4S3/c22-21(23,24)10-3-1-4-11(9-10)37(32,33)15-8-7-12(13-5-2-6-14-17(13)27-20(25)36-14)16(18(15)38(26,34)35)19-28-30-31-29-19/h1-9,19,28-31H,(H2,25,27)(H2,26,34,35). The minimum absolute atomic E-state index is 0.114. The number of rotatable bonds is 5. The first-order valence-electron chi connectivity index (χ1n) is 10.6. The van der Waals surface area contributed by atoms with Gasteiger partial charge in [-0.2, -0.15) is 24.2 Å². The van der Waals surface area contributed by atoms with Crippen LogP contribution in [0.1, 0.15) is 17.3 Å². The SMILES string of the molecule is Nc1nc2c(-c3ccc(S(=O)(=O)c4cccc(C(F)(F)F)c4)c(S(N)(=O)=O)c3C3NNNN3)cccc2s1. The number of sulfone groups is 1. The van der Waals surface area contributed by atoms with E-state index >= 15 is 0 Å². The van der Waals surface area contributed by atoms with Crippen molar-refractivity contribution in [2.24, 2.45) is 5.14 Å². The third-order valence-corrected chi connectivity index (χ3v) is 9.50. The van der Waals surface area contributed by atoms with Gasteiger partial charge in [-0.3, -0.25) is 0 Å². The van der Waals surface area contributed by atoms with Crippen molar-refractivity contribution in [3.05, 3.63) is 65.7 Å². The Bertz CT molecular complexity index is 1790. The molecule has 0 saturated carbocycles. The summed E-state index contributed by atoms with van der Waals surface area (Å²) in [5.41, 5.74) is 16.1. The average molecular weight is 586 g/mol. The molecule has 0 radical (unpaired) electrons. The van der Waals surface area contributed by atoms with Crippen molar-refractivity contribution in [1.82, 2.24) is 26.9 Å². The first kappa shape index (κ1) is 26.4. The number of hydrogen-bond donors (Lipinski definition) is 6. The lowest BCUT2D eigenvalue weighted by molar-refractivity contribution is -0.137. The van der Waals surface area contributed by atoms with E-state index in [1.54, 1.807) is 18.2 Å². The molecule has 2 heterocycles. The largest absolute Gasteiger partial charge is 0.416 e. The molecule has 3 aromatic carbocycles. The van der Waals surface area contributed by atoms with Crippen molar-refractivity contribution in [1.29, 1.82) is 0 Å². The lowest BCUT2D eigenvalue weighted by Gasteiger charge is -2.22. The molecule has 0 unspecified atom stereocenters. The molecule has 200 valence electrons. The summed E-state index contributed by atoms with van der Waals surface area (Å²) in [6.07, 6.45) is -5.88. The van der Waals surface area contributed by atoms with E-state index in [0.29, 0.717) is 27.9 Å². The van der Waals surface area contributed by atoms with Crippen LogP contribution in [-0.2, 0) is 26.0 Å². The van der Waals surface area contributed by atoms with Gasteiger partial charge in [0.2, 0.25) is 19.9 Å². The van der Waals surface area contributed by atoms with E-state index in [2.05, 4.69) is 26.9 Å². The van der Waals surface area contributed by atoms with Crippen molar-refractivity contribution >= 4 is 46.5 Å². The van der Waals surface area contributed by atoms with Crippen LogP contribution in [0.2, 0.25) is 0 Å². The number of thiazole rings is 1. The quantitative estimate of drug-likeness (QED) is 0.203. The molecule has 1 aliphatic rings. The Morgan fingerprint density at radius 3 is 2.26 bits per heavy atom. The smallest absolute Gasteiger partial charge is 0.375 e. The van der Waals surface area contributed by atoms with Gasteiger partial charge >= 0.3 is 6.18 Å². The van der Waals surface area contributed by atoms with E-state index in [-0.39, 0.29) is 16.3 Å². The molecule has 1 aliphatic heterocycles. The van der Waals surface area contributed by atoms with Crippen LogP contribution in [-0.4, -0.2) is 21.8 Å². The summed E-state index contributed by atoms with van der Waals surface area (Å²) < 4.78 is 93.8. The average Bonchev–Trinajstić information content (AvgIpc) is 3.51. The molecule has 1 saturated heterocycles. The molecule has 38 heavy (non-hydrogen) atoms. The first-order valence-corrected chi connectivity index (χ1v) is 14.4. The fraction of sp³-hybridized carbons (Fsp3) is 0.0952. The number of sulfonamides is 1. The zero-order valence-electron chi connectivity index (χ0n) is 18.9. The summed E-state index contributed by atoms with van der Waals surface area (Å²) in [7, 11) is -9.60. The van der Waals surface area contributed by atoms with Crippen molar-refractivity contribution in [2.45, 2.75) is 27.0 Å². The van der Waals surface area contributed by atoms with Gasteiger partial charge in [-0.1, -0.05) is 35.6 Å². The zero-order valence-corrected chi connectivity index (χ0v) is 21.3. The molecule has 1 aromatic heterocycles. The van der Waals surface area contributed by atoms with Gasteiger partial charge in [0.25, 0.3) is 0 Å². The number of nitrogens with one attached hydrogen (secondary N) is 4. The van der Waals surface area contributed by atoms with Crippen LogP contribution in [0.3, 0.4) is 0 Å². The number of benzene rings is 3. The van der Waals surface area contributed by atoms with E-state index < -0.39 is 52.5 Å². The maximum Gasteiger partial charge on any atom is 0.416 e. The second kappa shape index (κ2) is 9.24. The van der Waals surface area contributed by atoms with Crippen LogP contribution in [0.25, 0.3) is 21.3 Å². The molecule has 17 heteroatoms. The lowest BCUT2D eigenvalue weighted by Crippen LogP contribution is -2.33. The third-order valence-electron chi connectivity index (χ3n) is 5.72. The molecule has 8 N–H and O–H groups in total. The third kappa shape index (κ3) is 4.63. The molecule has 5 rings (SSSR count). The number of nitrogens with two attached hydrogens (primary N) is 2. The van der Waals surface area contributed by atoms with E-state index in [0.717, 1.165) is 18.2 Å². The number of hydrazine groups is 3. The Labute approximate surface area is 217 Å². The van der Waals surface area contributed by atoms with Gasteiger partial charge in [-0.15, -0.1) is 0 Å². The van der Waals surface area contributed by atoms with Crippen LogP contribution >= 0.6 is 11.3 Å². The Hall–Kier alpha value is -3.16. The number of para-hydroxylation sites is 1.